The molecule has 0 aliphatic rings. The van der Waals surface area contributed by atoms with Crippen molar-refractivity contribution in [3.63, 3.8) is 0 Å². The molecule has 0 unspecified atom stereocenters. The van der Waals surface area contributed by atoms with E-state index in [-0.39, 0.29) is 18.5 Å². The first-order valence-corrected chi connectivity index (χ1v) is 10.9. The van der Waals surface area contributed by atoms with Gasteiger partial charge in [0, 0.05) is 30.6 Å². The van der Waals surface area contributed by atoms with Crippen LogP contribution in [0.2, 0.25) is 0 Å². The van der Waals surface area contributed by atoms with Gasteiger partial charge in [0.05, 0.1) is 6.20 Å². The number of oxazole rings is 1. The molecular weight excluding hydrogens is 410 g/mol. The van der Waals surface area contributed by atoms with Gasteiger partial charge in [-0.3, -0.25) is 14.8 Å². The number of pyridine rings is 1. The standard InChI is InChI=1S/C20H21N3O6S/c1-20(19(25)22-26,30(2,27)28)8-10-23-9-7-16(11-18(23)24)14-3-5-15(6-4-14)17-12-21-13-29-17/h3-7,9,11-13,26H,8,10H2,1-2H3,(H,22,25)/t20-/m1/s1. The van der Waals surface area contributed by atoms with Crippen LogP contribution in [0.3, 0.4) is 0 Å². The lowest BCUT2D eigenvalue weighted by Crippen LogP contribution is -2.49. The van der Waals surface area contributed by atoms with Crippen LogP contribution >= 0.6 is 0 Å². The minimum Gasteiger partial charge on any atom is -0.444 e. The van der Waals surface area contributed by atoms with Crippen LogP contribution in [-0.2, 0) is 21.2 Å². The fourth-order valence-electron chi connectivity index (χ4n) is 2.98. The van der Waals surface area contributed by atoms with E-state index in [9.17, 15) is 18.0 Å². The van der Waals surface area contributed by atoms with Crippen molar-refractivity contribution in [2.45, 2.75) is 24.6 Å². The maximum Gasteiger partial charge on any atom is 0.264 e. The molecule has 3 rings (SSSR count). The Labute approximate surface area is 172 Å². The molecule has 10 heteroatoms. The summed E-state index contributed by atoms with van der Waals surface area (Å²) in [5.74, 6) is -0.403. The van der Waals surface area contributed by atoms with Gasteiger partial charge in [-0.25, -0.2) is 18.9 Å². The molecule has 2 heterocycles. The largest absolute Gasteiger partial charge is 0.444 e. The highest BCUT2D eigenvalue weighted by atomic mass is 32.2. The number of aryl methyl sites for hydroxylation is 1. The van der Waals surface area contributed by atoms with Crippen molar-refractivity contribution in [3.8, 4) is 22.5 Å². The zero-order valence-corrected chi connectivity index (χ0v) is 17.2. The number of carbonyl (C=O) groups excluding carboxylic acids is 1. The quantitative estimate of drug-likeness (QED) is 0.431. The lowest BCUT2D eigenvalue weighted by atomic mass is 10.0. The number of benzene rings is 1. The number of carbonyl (C=O) groups is 1. The van der Waals surface area contributed by atoms with Crippen LogP contribution in [-0.4, -0.2) is 40.1 Å². The van der Waals surface area contributed by atoms with Crippen molar-refractivity contribution in [3.05, 3.63) is 65.5 Å². The van der Waals surface area contributed by atoms with Crippen LogP contribution in [0.25, 0.3) is 22.5 Å². The zero-order chi connectivity index (χ0) is 21.9. The molecular formula is C20H21N3O6S. The van der Waals surface area contributed by atoms with Gasteiger partial charge in [0.1, 0.15) is 0 Å². The summed E-state index contributed by atoms with van der Waals surface area (Å²) in [6.45, 7) is 1.20. The highest BCUT2D eigenvalue weighted by Crippen LogP contribution is 2.25. The normalized spacial score (nSPS) is 13.6. The third-order valence-electron chi connectivity index (χ3n) is 5.16. The third-order valence-corrected chi connectivity index (χ3v) is 7.19. The van der Waals surface area contributed by atoms with E-state index in [0.29, 0.717) is 11.3 Å². The fraction of sp³-hybridized carbons (Fsp3) is 0.250. The number of hydroxylamine groups is 1. The molecule has 0 saturated carbocycles. The second-order valence-electron chi connectivity index (χ2n) is 7.08. The van der Waals surface area contributed by atoms with Gasteiger partial charge in [0.15, 0.2) is 26.7 Å². The van der Waals surface area contributed by atoms with Gasteiger partial charge < -0.3 is 8.98 Å². The summed E-state index contributed by atoms with van der Waals surface area (Å²) in [7, 11) is -3.83. The Morgan fingerprint density at radius 1 is 1.20 bits per heavy atom. The van der Waals surface area contributed by atoms with Crippen molar-refractivity contribution < 1.29 is 22.8 Å². The van der Waals surface area contributed by atoms with E-state index in [2.05, 4.69) is 4.98 Å². The molecule has 30 heavy (non-hydrogen) atoms. The summed E-state index contributed by atoms with van der Waals surface area (Å²) < 4.78 is 28.8. The molecule has 3 aromatic rings. The summed E-state index contributed by atoms with van der Waals surface area (Å²) >= 11 is 0. The Morgan fingerprint density at radius 2 is 1.87 bits per heavy atom. The van der Waals surface area contributed by atoms with Crippen molar-refractivity contribution >= 4 is 15.7 Å². The Hall–Kier alpha value is -3.24. The first kappa shape index (κ1) is 21.5. The number of hydrogen-bond acceptors (Lipinski definition) is 7. The van der Waals surface area contributed by atoms with E-state index in [1.54, 1.807) is 18.5 Å². The Balaban J connectivity index is 1.80. The number of hydrogen-bond donors (Lipinski definition) is 2. The van der Waals surface area contributed by atoms with E-state index >= 15 is 0 Å². The predicted molar refractivity (Wildman–Crippen MR) is 109 cm³/mol. The second-order valence-corrected chi connectivity index (χ2v) is 9.53. The molecule has 0 fully saturated rings. The predicted octanol–water partition coefficient (Wildman–Crippen LogP) is 1.87. The minimum absolute atomic E-state index is 0.0134. The monoisotopic (exact) mass is 431 g/mol. The first-order chi connectivity index (χ1) is 14.2. The second kappa shape index (κ2) is 8.25. The summed E-state index contributed by atoms with van der Waals surface area (Å²) in [4.78, 5) is 28.3. The first-order valence-electron chi connectivity index (χ1n) is 8.99. The van der Waals surface area contributed by atoms with Gasteiger partial charge >= 0.3 is 0 Å². The van der Waals surface area contributed by atoms with Crippen LogP contribution < -0.4 is 11.0 Å². The highest BCUT2D eigenvalue weighted by Gasteiger charge is 2.43. The smallest absolute Gasteiger partial charge is 0.264 e. The number of aromatic nitrogens is 2. The molecule has 9 nitrogen and oxygen atoms in total. The highest BCUT2D eigenvalue weighted by molar-refractivity contribution is 7.92. The SMILES string of the molecule is C[C@@](CCn1ccc(-c2ccc(-c3cnco3)cc2)cc1=O)(C(=O)NO)S(C)(=O)=O. The number of nitrogens with one attached hydrogen (secondary N) is 1. The summed E-state index contributed by atoms with van der Waals surface area (Å²) in [5.41, 5.74) is 3.42. The van der Waals surface area contributed by atoms with Crippen LogP contribution in [0.4, 0.5) is 0 Å². The lowest BCUT2D eigenvalue weighted by Gasteiger charge is -2.25. The van der Waals surface area contributed by atoms with Crippen LogP contribution in [0, 0.1) is 0 Å². The minimum atomic E-state index is -3.83. The van der Waals surface area contributed by atoms with E-state index in [0.717, 1.165) is 17.4 Å². The number of sulfone groups is 1. The molecule has 0 spiro atoms. The molecule has 0 radical (unpaired) electrons. The molecule has 0 saturated heterocycles. The molecule has 158 valence electrons. The van der Waals surface area contributed by atoms with Crippen molar-refractivity contribution in [2.75, 3.05) is 6.26 Å². The molecule has 0 aliphatic heterocycles. The van der Waals surface area contributed by atoms with Crippen molar-refractivity contribution in [1.29, 1.82) is 0 Å². The Morgan fingerprint density at radius 3 is 2.40 bits per heavy atom. The third kappa shape index (κ3) is 4.19. The molecule has 1 aromatic carbocycles. The van der Waals surface area contributed by atoms with Gasteiger partial charge in [-0.05, 0) is 30.5 Å². The van der Waals surface area contributed by atoms with Gasteiger partial charge in [0.25, 0.3) is 11.5 Å². The maximum atomic E-state index is 12.5. The van der Waals surface area contributed by atoms with E-state index in [4.69, 9.17) is 9.62 Å². The molecule has 0 aliphatic carbocycles. The summed E-state index contributed by atoms with van der Waals surface area (Å²) in [6, 6.07) is 10.6. The van der Waals surface area contributed by atoms with Crippen molar-refractivity contribution in [1.82, 2.24) is 15.0 Å². The Kier molecular flexibility index (Phi) is 5.90. The Bertz CT molecular complexity index is 1200. The number of amides is 1. The lowest BCUT2D eigenvalue weighted by molar-refractivity contribution is -0.131. The van der Waals surface area contributed by atoms with Gasteiger partial charge in [0.2, 0.25) is 0 Å². The fourth-order valence-corrected chi connectivity index (χ4v) is 3.82. The molecule has 2 N–H and O–H groups in total. The summed E-state index contributed by atoms with van der Waals surface area (Å²) in [5, 5.41) is 8.89. The van der Waals surface area contributed by atoms with Crippen LogP contribution in [0.15, 0.2) is 64.4 Å². The van der Waals surface area contributed by atoms with Crippen molar-refractivity contribution in [2.24, 2.45) is 0 Å². The van der Waals surface area contributed by atoms with Crippen LogP contribution in [0.1, 0.15) is 13.3 Å². The topological polar surface area (TPSA) is 132 Å². The molecule has 2 aromatic heterocycles. The van der Waals surface area contributed by atoms with E-state index < -0.39 is 20.5 Å². The number of nitrogens with zero attached hydrogens (tertiary/aromatic N) is 2. The van der Waals surface area contributed by atoms with Gasteiger partial charge in [-0.2, -0.15) is 0 Å². The molecule has 0 bridgehead atoms. The van der Waals surface area contributed by atoms with E-state index in [1.165, 1.54) is 29.4 Å². The molecule has 1 atom stereocenters. The number of rotatable bonds is 7. The average molecular weight is 431 g/mol. The zero-order valence-electron chi connectivity index (χ0n) is 16.4. The van der Waals surface area contributed by atoms with Gasteiger partial charge in [-0.1, -0.05) is 24.3 Å². The molecule has 1 amide bonds. The van der Waals surface area contributed by atoms with E-state index in [1.807, 2.05) is 24.3 Å². The maximum absolute atomic E-state index is 12.5. The summed E-state index contributed by atoms with van der Waals surface area (Å²) in [6.07, 6.45) is 5.24. The average Bonchev–Trinajstić information content (AvgIpc) is 3.26. The van der Waals surface area contributed by atoms with Crippen LogP contribution in [0.5, 0.6) is 0 Å². The van der Waals surface area contributed by atoms with Gasteiger partial charge in [-0.15, -0.1) is 0 Å².